The highest BCUT2D eigenvalue weighted by Gasteiger charge is 2.14. The summed E-state index contributed by atoms with van der Waals surface area (Å²) in [5.41, 5.74) is 8.23. The van der Waals surface area contributed by atoms with Crippen LogP contribution in [-0.4, -0.2) is 27.9 Å². The van der Waals surface area contributed by atoms with Gasteiger partial charge < -0.3 is 10.6 Å². The topological polar surface area (TPSA) is 77.0 Å². The van der Waals surface area contributed by atoms with Crippen LogP contribution >= 0.6 is 0 Å². The number of nitrogens with two attached hydrogens (primary N) is 1. The fraction of sp³-hybridized carbons (Fsp3) is 0.400. The molecule has 2 aromatic rings. The summed E-state index contributed by atoms with van der Waals surface area (Å²) < 4.78 is 1.45. The summed E-state index contributed by atoms with van der Waals surface area (Å²) in [6.45, 7) is 2.77. The average Bonchev–Trinajstić information content (AvgIpc) is 3.04. The second-order valence-corrected chi connectivity index (χ2v) is 5.22. The molecule has 0 radical (unpaired) electrons. The molecule has 0 bridgehead atoms. The first kappa shape index (κ1) is 13.8. The zero-order chi connectivity index (χ0) is 14.7. The molecular weight excluding hydrogens is 266 g/mol. The maximum Gasteiger partial charge on any atom is 0.269 e. The molecular formula is C15H19N5O. The van der Waals surface area contributed by atoms with Gasteiger partial charge in [-0.2, -0.15) is 5.10 Å². The van der Waals surface area contributed by atoms with E-state index in [1.807, 2.05) is 12.1 Å². The predicted octanol–water partition coefficient (Wildman–Crippen LogP) is 0.745. The van der Waals surface area contributed by atoms with E-state index in [9.17, 15) is 4.79 Å². The molecule has 0 aliphatic carbocycles. The van der Waals surface area contributed by atoms with Crippen molar-refractivity contribution >= 4 is 5.69 Å². The van der Waals surface area contributed by atoms with E-state index in [1.54, 1.807) is 18.5 Å². The van der Waals surface area contributed by atoms with E-state index in [-0.39, 0.29) is 5.56 Å². The molecule has 0 spiro atoms. The van der Waals surface area contributed by atoms with Gasteiger partial charge in [0.1, 0.15) is 0 Å². The second kappa shape index (κ2) is 6.05. The molecule has 0 unspecified atom stereocenters. The molecule has 3 rings (SSSR count). The minimum absolute atomic E-state index is 0.0915. The first-order valence-electron chi connectivity index (χ1n) is 7.23. The van der Waals surface area contributed by atoms with Gasteiger partial charge >= 0.3 is 0 Å². The molecule has 0 amide bonds. The molecule has 2 N–H and O–H groups in total. The monoisotopic (exact) mass is 285 g/mol. The van der Waals surface area contributed by atoms with Gasteiger partial charge in [-0.3, -0.25) is 9.78 Å². The molecule has 0 aromatic carbocycles. The summed E-state index contributed by atoms with van der Waals surface area (Å²) in [5, 5.41) is 4.29. The number of hydrogen-bond acceptors (Lipinski definition) is 5. The van der Waals surface area contributed by atoms with E-state index < -0.39 is 0 Å². The lowest BCUT2D eigenvalue weighted by molar-refractivity contribution is 0.630. The fourth-order valence-electron chi connectivity index (χ4n) is 2.65. The van der Waals surface area contributed by atoms with Crippen molar-refractivity contribution in [3.8, 4) is 0 Å². The van der Waals surface area contributed by atoms with Crippen LogP contribution in [0.25, 0.3) is 0 Å². The molecule has 6 heteroatoms. The number of anilines is 1. The normalized spacial score (nSPS) is 14.6. The van der Waals surface area contributed by atoms with Gasteiger partial charge in [0.25, 0.3) is 5.56 Å². The Balaban J connectivity index is 1.84. The Labute approximate surface area is 123 Å². The lowest BCUT2D eigenvalue weighted by Crippen LogP contribution is -2.27. The average molecular weight is 285 g/mol. The van der Waals surface area contributed by atoms with Crippen LogP contribution in [0.3, 0.4) is 0 Å². The highest BCUT2D eigenvalue weighted by atomic mass is 16.1. The molecule has 2 aromatic heterocycles. The predicted molar refractivity (Wildman–Crippen MR) is 81.2 cm³/mol. The Bertz CT molecular complexity index is 676. The van der Waals surface area contributed by atoms with Crippen LogP contribution in [0.5, 0.6) is 0 Å². The molecule has 1 saturated heterocycles. The molecule has 110 valence electrons. The largest absolute Gasteiger partial charge is 0.370 e. The Kier molecular flexibility index (Phi) is 3.96. The van der Waals surface area contributed by atoms with Crippen LogP contribution in [0.4, 0.5) is 5.69 Å². The third kappa shape index (κ3) is 2.95. The van der Waals surface area contributed by atoms with Crippen molar-refractivity contribution in [1.29, 1.82) is 0 Å². The van der Waals surface area contributed by atoms with Gasteiger partial charge in [0.15, 0.2) is 0 Å². The maximum atomic E-state index is 12.2. The SMILES string of the molecule is NCc1ncccc1Cn1ncc(N2CCCC2)cc1=O. The molecule has 0 saturated carbocycles. The third-order valence-electron chi connectivity index (χ3n) is 3.82. The molecule has 6 nitrogen and oxygen atoms in total. The summed E-state index contributed by atoms with van der Waals surface area (Å²) in [7, 11) is 0. The second-order valence-electron chi connectivity index (χ2n) is 5.22. The van der Waals surface area contributed by atoms with E-state index in [4.69, 9.17) is 5.73 Å². The van der Waals surface area contributed by atoms with Crippen molar-refractivity contribution in [2.75, 3.05) is 18.0 Å². The molecule has 1 fully saturated rings. The summed E-state index contributed by atoms with van der Waals surface area (Å²) >= 11 is 0. The van der Waals surface area contributed by atoms with Gasteiger partial charge in [-0.15, -0.1) is 0 Å². The van der Waals surface area contributed by atoms with Crippen LogP contribution in [0, 0.1) is 0 Å². The van der Waals surface area contributed by atoms with E-state index in [1.165, 1.54) is 17.5 Å². The number of pyridine rings is 1. The van der Waals surface area contributed by atoms with E-state index in [0.29, 0.717) is 13.1 Å². The highest BCUT2D eigenvalue weighted by molar-refractivity contribution is 5.43. The van der Waals surface area contributed by atoms with Crippen LogP contribution < -0.4 is 16.2 Å². The Morgan fingerprint density at radius 1 is 1.29 bits per heavy atom. The van der Waals surface area contributed by atoms with Gasteiger partial charge in [-0.1, -0.05) is 6.07 Å². The van der Waals surface area contributed by atoms with E-state index >= 15 is 0 Å². The van der Waals surface area contributed by atoms with Crippen molar-refractivity contribution in [2.45, 2.75) is 25.9 Å². The quantitative estimate of drug-likeness (QED) is 0.897. The lowest BCUT2D eigenvalue weighted by Gasteiger charge is -2.17. The highest BCUT2D eigenvalue weighted by Crippen LogP contribution is 2.17. The minimum atomic E-state index is -0.0915. The van der Waals surface area contributed by atoms with E-state index in [2.05, 4.69) is 15.0 Å². The Morgan fingerprint density at radius 3 is 2.81 bits per heavy atom. The maximum absolute atomic E-state index is 12.2. The summed E-state index contributed by atoms with van der Waals surface area (Å²) in [6.07, 6.45) is 5.83. The number of hydrogen-bond donors (Lipinski definition) is 1. The zero-order valence-corrected chi connectivity index (χ0v) is 11.9. The first-order chi connectivity index (χ1) is 10.3. The zero-order valence-electron chi connectivity index (χ0n) is 11.9. The van der Waals surface area contributed by atoms with E-state index in [0.717, 1.165) is 30.0 Å². The Hall–Kier alpha value is -2.21. The van der Waals surface area contributed by atoms with Gasteiger partial charge in [0.05, 0.1) is 24.1 Å². The smallest absolute Gasteiger partial charge is 0.269 e. The first-order valence-corrected chi connectivity index (χ1v) is 7.23. The molecule has 1 aliphatic rings. The van der Waals surface area contributed by atoms with Crippen molar-refractivity contribution in [2.24, 2.45) is 5.73 Å². The summed E-state index contributed by atoms with van der Waals surface area (Å²) in [6, 6.07) is 5.44. The van der Waals surface area contributed by atoms with Crippen molar-refractivity contribution in [1.82, 2.24) is 14.8 Å². The van der Waals surface area contributed by atoms with Crippen molar-refractivity contribution in [3.63, 3.8) is 0 Å². The lowest BCUT2D eigenvalue weighted by atomic mass is 10.2. The van der Waals surface area contributed by atoms with Gasteiger partial charge in [-0.05, 0) is 24.5 Å². The van der Waals surface area contributed by atoms with Crippen LogP contribution in [-0.2, 0) is 13.1 Å². The molecule has 0 atom stereocenters. The van der Waals surface area contributed by atoms with Gasteiger partial charge in [-0.25, -0.2) is 4.68 Å². The van der Waals surface area contributed by atoms with Crippen molar-refractivity contribution in [3.05, 3.63) is 52.2 Å². The van der Waals surface area contributed by atoms with Crippen molar-refractivity contribution < 1.29 is 0 Å². The fourth-order valence-corrected chi connectivity index (χ4v) is 2.65. The van der Waals surface area contributed by atoms with Crippen LogP contribution in [0.1, 0.15) is 24.1 Å². The molecule has 21 heavy (non-hydrogen) atoms. The molecule has 3 heterocycles. The van der Waals surface area contributed by atoms with Gasteiger partial charge in [0.2, 0.25) is 0 Å². The minimum Gasteiger partial charge on any atom is -0.370 e. The number of nitrogens with zero attached hydrogens (tertiary/aromatic N) is 4. The molecule has 1 aliphatic heterocycles. The van der Waals surface area contributed by atoms with Gasteiger partial charge in [0, 0.05) is 31.9 Å². The number of aromatic nitrogens is 3. The Morgan fingerprint density at radius 2 is 2.10 bits per heavy atom. The van der Waals surface area contributed by atoms with Crippen LogP contribution in [0.2, 0.25) is 0 Å². The number of rotatable bonds is 4. The third-order valence-corrected chi connectivity index (χ3v) is 3.82. The van der Waals surface area contributed by atoms with Crippen LogP contribution in [0.15, 0.2) is 35.4 Å². The summed E-state index contributed by atoms with van der Waals surface area (Å²) in [4.78, 5) is 18.7. The summed E-state index contributed by atoms with van der Waals surface area (Å²) in [5.74, 6) is 0. The standard InChI is InChI=1S/C15H19N5O/c16-9-14-12(4-3-5-17-14)11-20-15(21)8-13(10-18-20)19-6-1-2-7-19/h3-5,8,10H,1-2,6-7,9,11,16H2.